The van der Waals surface area contributed by atoms with Gasteiger partial charge in [0, 0.05) is 12.1 Å². The van der Waals surface area contributed by atoms with Crippen LogP contribution in [0, 0.1) is 27.2 Å². The molecule has 1 amide bonds. The van der Waals surface area contributed by atoms with Gasteiger partial charge in [0.15, 0.2) is 6.54 Å². The highest BCUT2D eigenvalue weighted by Gasteiger charge is 2.20. The van der Waals surface area contributed by atoms with Gasteiger partial charge < -0.3 is 24.9 Å². The van der Waals surface area contributed by atoms with Gasteiger partial charge in [0.25, 0.3) is 11.6 Å². The molecule has 1 aromatic heterocycles. The maximum atomic E-state index is 12.4. The highest BCUT2D eigenvalue weighted by molar-refractivity contribution is 5.91. The Kier molecular flexibility index (Phi) is 6.10. The van der Waals surface area contributed by atoms with Crippen LogP contribution in [-0.2, 0) is 11.3 Å². The van der Waals surface area contributed by atoms with E-state index in [0.717, 1.165) is 10.7 Å². The minimum atomic E-state index is -0.651. The summed E-state index contributed by atoms with van der Waals surface area (Å²) in [7, 11) is 1.52. The van der Waals surface area contributed by atoms with Gasteiger partial charge in [-0.05, 0) is 36.1 Å². The number of aryl methyl sites for hydroxylation is 1. The summed E-state index contributed by atoms with van der Waals surface area (Å²) in [6.45, 7) is 1.12. The smallest absolute Gasteiger partial charge is 0.345 e. The Hall–Kier alpha value is -4.48. The van der Waals surface area contributed by atoms with Crippen LogP contribution >= 0.6 is 0 Å². The second-order valence-corrected chi connectivity index (χ2v) is 6.36. The monoisotopic (exact) mass is 427 g/mol. The van der Waals surface area contributed by atoms with Gasteiger partial charge in [0.1, 0.15) is 17.2 Å². The molecule has 1 N–H and O–H groups in total. The van der Waals surface area contributed by atoms with E-state index in [1.165, 1.54) is 25.3 Å². The molecular formula is C19H17N5O7. The van der Waals surface area contributed by atoms with E-state index < -0.39 is 22.3 Å². The minimum absolute atomic E-state index is 0.0919. The molecule has 2 aromatic carbocycles. The number of nitrogens with zero attached hydrogens (tertiary/aromatic N) is 4. The van der Waals surface area contributed by atoms with E-state index in [-0.39, 0.29) is 22.9 Å². The van der Waals surface area contributed by atoms with Gasteiger partial charge >= 0.3 is 5.82 Å². The van der Waals surface area contributed by atoms with Crippen LogP contribution in [0.15, 0.2) is 48.5 Å². The topological polar surface area (TPSA) is 152 Å². The van der Waals surface area contributed by atoms with Crippen molar-refractivity contribution in [2.24, 2.45) is 0 Å². The molecule has 12 heteroatoms. The molecule has 3 aromatic rings. The average Bonchev–Trinajstić information content (AvgIpc) is 3.08. The van der Waals surface area contributed by atoms with Gasteiger partial charge in [-0.25, -0.2) is 0 Å². The molecule has 0 bridgehead atoms. The van der Waals surface area contributed by atoms with Crippen molar-refractivity contribution in [3.63, 3.8) is 0 Å². The van der Waals surface area contributed by atoms with Crippen LogP contribution < -0.4 is 14.8 Å². The molecule has 0 aliphatic heterocycles. The average molecular weight is 427 g/mol. The Morgan fingerprint density at radius 3 is 2.32 bits per heavy atom. The van der Waals surface area contributed by atoms with E-state index in [0.29, 0.717) is 17.2 Å². The molecule has 3 rings (SSSR count). The number of nitro groups is 2. The number of benzene rings is 2. The lowest BCUT2D eigenvalue weighted by Gasteiger charge is -2.09. The number of nitro benzene ring substituents is 1. The Morgan fingerprint density at radius 2 is 1.71 bits per heavy atom. The number of non-ortho nitro benzene ring substituents is 1. The molecule has 0 aliphatic rings. The predicted octanol–water partition coefficient (Wildman–Crippen LogP) is 3.45. The number of carbonyl (C=O) groups is 1. The number of rotatable bonds is 8. The van der Waals surface area contributed by atoms with Crippen LogP contribution in [0.2, 0.25) is 0 Å². The van der Waals surface area contributed by atoms with Crippen LogP contribution in [0.4, 0.5) is 17.2 Å². The van der Waals surface area contributed by atoms with E-state index in [1.54, 1.807) is 31.2 Å². The second-order valence-electron chi connectivity index (χ2n) is 6.36. The minimum Gasteiger partial charge on any atom is -0.497 e. The molecule has 0 saturated heterocycles. The molecule has 0 atom stereocenters. The summed E-state index contributed by atoms with van der Waals surface area (Å²) in [4.78, 5) is 33.4. The van der Waals surface area contributed by atoms with Crippen molar-refractivity contribution in [1.82, 2.24) is 9.78 Å². The number of anilines is 1. The van der Waals surface area contributed by atoms with Crippen molar-refractivity contribution in [3.8, 4) is 17.2 Å². The van der Waals surface area contributed by atoms with Gasteiger partial charge in [-0.15, -0.1) is 4.68 Å². The third-order valence-electron chi connectivity index (χ3n) is 4.04. The summed E-state index contributed by atoms with van der Waals surface area (Å²) < 4.78 is 11.7. The van der Waals surface area contributed by atoms with Crippen molar-refractivity contribution in [1.29, 1.82) is 0 Å². The predicted molar refractivity (Wildman–Crippen MR) is 108 cm³/mol. The number of aromatic nitrogens is 2. The lowest BCUT2D eigenvalue weighted by molar-refractivity contribution is -0.392. The zero-order valence-corrected chi connectivity index (χ0v) is 16.5. The summed E-state index contributed by atoms with van der Waals surface area (Å²) in [6, 6.07) is 11.6. The quantitative estimate of drug-likeness (QED) is 0.424. The maximum absolute atomic E-state index is 12.4. The van der Waals surface area contributed by atoms with Crippen LogP contribution in [-0.4, -0.2) is 32.6 Å². The van der Waals surface area contributed by atoms with Crippen LogP contribution in [0.25, 0.3) is 0 Å². The lowest BCUT2D eigenvalue weighted by atomic mass is 10.2. The van der Waals surface area contributed by atoms with Gasteiger partial charge in [0.05, 0.1) is 35.5 Å². The number of nitrogens with one attached hydrogen (secondary N) is 1. The lowest BCUT2D eigenvalue weighted by Crippen LogP contribution is -2.20. The van der Waals surface area contributed by atoms with E-state index in [2.05, 4.69) is 10.4 Å². The van der Waals surface area contributed by atoms with Crippen molar-refractivity contribution >= 4 is 23.1 Å². The van der Waals surface area contributed by atoms with Crippen LogP contribution in [0.3, 0.4) is 0 Å². The molecule has 160 valence electrons. The zero-order chi connectivity index (χ0) is 22.5. The Balaban J connectivity index is 1.80. The summed E-state index contributed by atoms with van der Waals surface area (Å²) >= 11 is 0. The van der Waals surface area contributed by atoms with Crippen molar-refractivity contribution < 1.29 is 24.1 Å². The molecule has 0 radical (unpaired) electrons. The molecule has 0 unspecified atom stereocenters. The normalized spacial score (nSPS) is 10.4. The third kappa shape index (κ3) is 5.32. The summed E-state index contributed by atoms with van der Waals surface area (Å²) in [5.74, 6) is 0.149. The Labute approximate surface area is 175 Å². The second kappa shape index (κ2) is 8.90. The van der Waals surface area contributed by atoms with Gasteiger partial charge in [-0.1, -0.05) is 5.10 Å². The first-order chi connectivity index (χ1) is 14.7. The molecule has 1 heterocycles. The molecular weight excluding hydrogens is 410 g/mol. The van der Waals surface area contributed by atoms with E-state index in [9.17, 15) is 25.0 Å². The molecule has 12 nitrogen and oxygen atoms in total. The fourth-order valence-electron chi connectivity index (χ4n) is 2.73. The Morgan fingerprint density at radius 1 is 1.03 bits per heavy atom. The number of carbonyl (C=O) groups excluding carboxylic acids is 1. The summed E-state index contributed by atoms with van der Waals surface area (Å²) in [5.41, 5.74) is 0.168. The highest BCUT2D eigenvalue weighted by atomic mass is 16.6. The Bertz CT molecular complexity index is 1140. The molecule has 0 spiro atoms. The fourth-order valence-corrected chi connectivity index (χ4v) is 2.73. The molecule has 0 fully saturated rings. The number of hydrogen-bond acceptors (Lipinski definition) is 8. The van der Waals surface area contributed by atoms with E-state index >= 15 is 0 Å². The standard InChI is InChI=1S/C19H17N5O7/c1-12-7-19(24(28)29)22(21-12)11-18(25)20-13-8-14(23(26)27)10-17(9-13)31-16-5-3-15(30-2)4-6-16/h3-10H,11H2,1-2H3,(H,20,25). The maximum Gasteiger partial charge on any atom is 0.345 e. The number of amides is 1. The first kappa shape index (κ1) is 21.2. The van der Waals surface area contributed by atoms with Crippen LogP contribution in [0.5, 0.6) is 17.2 Å². The van der Waals surface area contributed by atoms with Gasteiger partial charge in [-0.2, -0.15) is 0 Å². The first-order valence-corrected chi connectivity index (χ1v) is 8.85. The molecule has 0 aliphatic carbocycles. The van der Waals surface area contributed by atoms with Gasteiger partial charge in [0.2, 0.25) is 0 Å². The van der Waals surface area contributed by atoms with E-state index in [4.69, 9.17) is 9.47 Å². The fraction of sp³-hybridized carbons (Fsp3) is 0.158. The van der Waals surface area contributed by atoms with Gasteiger partial charge in [-0.3, -0.25) is 14.9 Å². The summed E-state index contributed by atoms with van der Waals surface area (Å²) in [6.07, 6.45) is 0. The van der Waals surface area contributed by atoms with Crippen molar-refractivity contribution in [3.05, 3.63) is 74.5 Å². The highest BCUT2D eigenvalue weighted by Crippen LogP contribution is 2.30. The summed E-state index contributed by atoms with van der Waals surface area (Å²) in [5, 5.41) is 28.7. The molecule has 0 saturated carbocycles. The zero-order valence-electron chi connectivity index (χ0n) is 16.5. The van der Waals surface area contributed by atoms with Crippen LogP contribution in [0.1, 0.15) is 5.69 Å². The first-order valence-electron chi connectivity index (χ1n) is 8.85. The SMILES string of the molecule is COc1ccc(Oc2cc(NC(=O)Cn3nc(C)cc3[N+](=O)[O-])cc([N+](=O)[O-])c2)cc1. The van der Waals surface area contributed by atoms with Crippen molar-refractivity contribution in [2.75, 3.05) is 12.4 Å². The molecule has 31 heavy (non-hydrogen) atoms. The third-order valence-corrected chi connectivity index (χ3v) is 4.04. The number of ether oxygens (including phenoxy) is 2. The number of methoxy groups -OCH3 is 1. The van der Waals surface area contributed by atoms with E-state index in [1.807, 2.05) is 0 Å². The van der Waals surface area contributed by atoms with Crippen molar-refractivity contribution in [2.45, 2.75) is 13.5 Å². The largest absolute Gasteiger partial charge is 0.497 e. The number of hydrogen-bond donors (Lipinski definition) is 1.